The molecule has 18 heavy (non-hydrogen) atoms. The van der Waals surface area contributed by atoms with Crippen LogP contribution in [0.3, 0.4) is 0 Å². The number of carbonyl (C=O) groups excluding carboxylic acids is 1. The Morgan fingerprint density at radius 3 is 2.67 bits per heavy atom. The monoisotopic (exact) mass is 270 g/mol. The smallest absolute Gasteiger partial charge is 0.256 e. The Morgan fingerprint density at radius 2 is 2.11 bits per heavy atom. The summed E-state index contributed by atoms with van der Waals surface area (Å²) in [6.07, 6.45) is -0.0872. The molecule has 0 saturated carbocycles. The molecule has 100 valence electrons. The maximum absolute atomic E-state index is 12.1. The van der Waals surface area contributed by atoms with Crippen LogP contribution in [0.4, 0.5) is 0 Å². The van der Waals surface area contributed by atoms with E-state index in [1.807, 2.05) is 25.2 Å². The molecule has 0 aromatic heterocycles. The van der Waals surface area contributed by atoms with Crippen LogP contribution in [0.1, 0.15) is 18.1 Å². The lowest BCUT2D eigenvalue weighted by molar-refractivity contribution is -0.139. The number of rotatable bonds is 3. The second-order valence-electron chi connectivity index (χ2n) is 4.37. The maximum Gasteiger partial charge on any atom is 0.256 e. The van der Waals surface area contributed by atoms with E-state index in [1.165, 1.54) is 0 Å². The van der Waals surface area contributed by atoms with Gasteiger partial charge in [0.05, 0.1) is 0 Å². The van der Waals surface area contributed by atoms with Crippen LogP contribution in [0.15, 0.2) is 30.3 Å². The van der Waals surface area contributed by atoms with Gasteiger partial charge in [0.1, 0.15) is 0 Å². The van der Waals surface area contributed by atoms with Gasteiger partial charge in [0.2, 0.25) is 0 Å². The van der Waals surface area contributed by atoms with Gasteiger partial charge in [0.25, 0.3) is 5.91 Å². The van der Waals surface area contributed by atoms with E-state index >= 15 is 0 Å². The van der Waals surface area contributed by atoms with Gasteiger partial charge in [-0.15, -0.1) is 12.4 Å². The number of likely N-dealkylation sites (N-methyl/N-ethyl adjacent to an activating group) is 1. The summed E-state index contributed by atoms with van der Waals surface area (Å²) in [6, 6.07) is 9.41. The number of likely N-dealkylation sites (tertiary alicyclic amines) is 1. The summed E-state index contributed by atoms with van der Waals surface area (Å²) in [4.78, 5) is 13.8. The summed E-state index contributed by atoms with van der Waals surface area (Å²) in [5.41, 5.74) is 0.658. The van der Waals surface area contributed by atoms with E-state index in [0.717, 1.165) is 6.42 Å². The van der Waals surface area contributed by atoms with E-state index in [1.54, 1.807) is 17.0 Å². The Balaban J connectivity index is 0.00000162. The molecule has 1 fully saturated rings. The molecule has 2 unspecified atom stereocenters. The standard InChI is InChI=1S/C13H18N2O2.ClH/c1-14-11-7-8-15(9-11)13(17)12(16)10-5-3-2-4-6-10;/h2-6,11-12,14,16H,7-9H2,1H3;1H. The van der Waals surface area contributed by atoms with Crippen molar-refractivity contribution in [2.45, 2.75) is 18.6 Å². The van der Waals surface area contributed by atoms with Gasteiger partial charge in [-0.2, -0.15) is 0 Å². The molecule has 2 atom stereocenters. The lowest BCUT2D eigenvalue weighted by Gasteiger charge is -2.20. The van der Waals surface area contributed by atoms with Gasteiger partial charge < -0.3 is 15.3 Å². The molecule has 0 bridgehead atoms. The number of carbonyl (C=O) groups is 1. The zero-order chi connectivity index (χ0) is 12.3. The first kappa shape index (κ1) is 15.0. The highest BCUT2D eigenvalue weighted by Crippen LogP contribution is 2.18. The lowest BCUT2D eigenvalue weighted by atomic mass is 10.1. The fourth-order valence-corrected chi connectivity index (χ4v) is 2.15. The highest BCUT2D eigenvalue weighted by atomic mass is 35.5. The number of nitrogens with zero attached hydrogens (tertiary/aromatic N) is 1. The highest BCUT2D eigenvalue weighted by molar-refractivity contribution is 5.85. The number of hydrogen-bond acceptors (Lipinski definition) is 3. The number of hydrogen-bond donors (Lipinski definition) is 2. The third-order valence-corrected chi connectivity index (χ3v) is 3.26. The molecule has 1 heterocycles. The molecule has 2 rings (SSSR count). The van der Waals surface area contributed by atoms with E-state index in [9.17, 15) is 9.90 Å². The molecular weight excluding hydrogens is 252 g/mol. The van der Waals surface area contributed by atoms with Crippen LogP contribution < -0.4 is 5.32 Å². The topological polar surface area (TPSA) is 52.6 Å². The Kier molecular flexibility index (Phi) is 5.59. The summed E-state index contributed by atoms with van der Waals surface area (Å²) in [7, 11) is 1.90. The quantitative estimate of drug-likeness (QED) is 0.860. The summed E-state index contributed by atoms with van der Waals surface area (Å²) >= 11 is 0. The number of amides is 1. The third-order valence-electron chi connectivity index (χ3n) is 3.26. The van der Waals surface area contributed by atoms with E-state index in [2.05, 4.69) is 5.32 Å². The molecule has 1 aliphatic rings. The number of nitrogens with one attached hydrogen (secondary N) is 1. The molecule has 4 nitrogen and oxygen atoms in total. The van der Waals surface area contributed by atoms with Gasteiger partial charge in [-0.05, 0) is 19.0 Å². The first-order valence-electron chi connectivity index (χ1n) is 5.91. The molecule has 1 amide bonds. The average molecular weight is 271 g/mol. The minimum atomic E-state index is -1.04. The van der Waals surface area contributed by atoms with Crippen LogP contribution in [-0.4, -0.2) is 42.1 Å². The van der Waals surface area contributed by atoms with Gasteiger partial charge >= 0.3 is 0 Å². The average Bonchev–Trinajstić information content (AvgIpc) is 2.87. The summed E-state index contributed by atoms with van der Waals surface area (Å²) in [5.74, 6) is -0.200. The van der Waals surface area contributed by atoms with Crippen molar-refractivity contribution in [1.29, 1.82) is 0 Å². The Hall–Kier alpha value is -1.10. The van der Waals surface area contributed by atoms with Crippen molar-refractivity contribution in [1.82, 2.24) is 10.2 Å². The minimum Gasteiger partial charge on any atom is -0.378 e. The molecule has 0 spiro atoms. The molecule has 1 aromatic rings. The molecule has 0 radical (unpaired) electrons. The largest absolute Gasteiger partial charge is 0.378 e. The van der Waals surface area contributed by atoms with Gasteiger partial charge in [0, 0.05) is 19.1 Å². The summed E-state index contributed by atoms with van der Waals surface area (Å²) in [6.45, 7) is 1.40. The highest BCUT2D eigenvalue weighted by Gasteiger charge is 2.29. The van der Waals surface area contributed by atoms with E-state index < -0.39 is 6.10 Å². The van der Waals surface area contributed by atoms with E-state index in [4.69, 9.17) is 0 Å². The second kappa shape index (κ2) is 6.73. The zero-order valence-corrected chi connectivity index (χ0v) is 11.2. The van der Waals surface area contributed by atoms with Crippen LogP contribution in [0.2, 0.25) is 0 Å². The van der Waals surface area contributed by atoms with E-state index in [0.29, 0.717) is 24.7 Å². The molecule has 1 saturated heterocycles. The van der Waals surface area contributed by atoms with Gasteiger partial charge in [-0.25, -0.2) is 0 Å². The zero-order valence-electron chi connectivity index (χ0n) is 10.4. The molecule has 1 aliphatic heterocycles. The second-order valence-corrected chi connectivity index (χ2v) is 4.37. The maximum atomic E-state index is 12.1. The van der Waals surface area contributed by atoms with Gasteiger partial charge in [-0.1, -0.05) is 30.3 Å². The fraction of sp³-hybridized carbons (Fsp3) is 0.462. The van der Waals surface area contributed by atoms with E-state index in [-0.39, 0.29) is 18.3 Å². The van der Waals surface area contributed by atoms with Crippen LogP contribution in [0, 0.1) is 0 Å². The predicted molar refractivity (Wildman–Crippen MR) is 72.7 cm³/mol. The van der Waals surface area contributed by atoms with Crippen LogP contribution in [0.25, 0.3) is 0 Å². The molecule has 0 aliphatic carbocycles. The van der Waals surface area contributed by atoms with Crippen molar-refractivity contribution in [3.63, 3.8) is 0 Å². The van der Waals surface area contributed by atoms with Crippen LogP contribution >= 0.6 is 12.4 Å². The number of benzene rings is 1. The number of aliphatic hydroxyl groups is 1. The van der Waals surface area contributed by atoms with Crippen molar-refractivity contribution in [2.24, 2.45) is 0 Å². The normalized spacial score (nSPS) is 20.3. The fourth-order valence-electron chi connectivity index (χ4n) is 2.15. The Morgan fingerprint density at radius 1 is 1.44 bits per heavy atom. The Bertz CT molecular complexity index is 386. The molecule has 5 heteroatoms. The van der Waals surface area contributed by atoms with Crippen LogP contribution in [0.5, 0.6) is 0 Å². The van der Waals surface area contributed by atoms with Crippen LogP contribution in [-0.2, 0) is 4.79 Å². The first-order valence-corrected chi connectivity index (χ1v) is 5.91. The molecular formula is C13H19ClN2O2. The molecule has 1 aromatic carbocycles. The third kappa shape index (κ3) is 3.22. The SMILES string of the molecule is CNC1CCN(C(=O)C(O)c2ccccc2)C1.Cl. The van der Waals surface area contributed by atoms with Crippen molar-refractivity contribution in [3.05, 3.63) is 35.9 Å². The summed E-state index contributed by atoms with van der Waals surface area (Å²) in [5, 5.41) is 13.1. The molecule has 2 N–H and O–H groups in total. The Labute approximate surface area is 113 Å². The van der Waals surface area contributed by atoms with Gasteiger partial charge in [0.15, 0.2) is 6.10 Å². The van der Waals surface area contributed by atoms with Crippen molar-refractivity contribution in [2.75, 3.05) is 20.1 Å². The minimum absolute atomic E-state index is 0. The number of halogens is 1. The van der Waals surface area contributed by atoms with Gasteiger partial charge in [-0.3, -0.25) is 4.79 Å². The first-order chi connectivity index (χ1) is 8.22. The lowest BCUT2D eigenvalue weighted by Crippen LogP contribution is -2.36. The van der Waals surface area contributed by atoms with Crippen molar-refractivity contribution >= 4 is 18.3 Å². The van der Waals surface area contributed by atoms with Crippen molar-refractivity contribution < 1.29 is 9.90 Å². The summed E-state index contributed by atoms with van der Waals surface area (Å²) < 4.78 is 0. The predicted octanol–water partition coefficient (Wildman–Crippen LogP) is 0.962. The number of aliphatic hydroxyl groups excluding tert-OH is 1. The van der Waals surface area contributed by atoms with Crippen molar-refractivity contribution in [3.8, 4) is 0 Å².